The number of carboxylic acid groups (broad SMARTS) is 1. The third kappa shape index (κ3) is 2.37. The Labute approximate surface area is 124 Å². The van der Waals surface area contributed by atoms with Crippen molar-refractivity contribution in [3.05, 3.63) is 52.2 Å². The molecular formula is C15H11NO2S2. The van der Waals surface area contributed by atoms with Gasteiger partial charge in [0.05, 0.1) is 16.1 Å². The minimum Gasteiger partial charge on any atom is -0.478 e. The number of aryl methyl sites for hydroxylation is 1. The highest BCUT2D eigenvalue weighted by atomic mass is 32.1. The number of rotatable bonds is 3. The highest BCUT2D eigenvalue weighted by Gasteiger charge is 2.13. The van der Waals surface area contributed by atoms with Crippen molar-refractivity contribution in [2.75, 3.05) is 0 Å². The molecule has 2 aromatic heterocycles. The number of thiophene rings is 1. The van der Waals surface area contributed by atoms with Gasteiger partial charge in [-0.1, -0.05) is 18.2 Å². The van der Waals surface area contributed by atoms with E-state index in [4.69, 9.17) is 5.11 Å². The lowest BCUT2D eigenvalue weighted by Gasteiger charge is -1.98. The van der Waals surface area contributed by atoms with Crippen molar-refractivity contribution in [3.8, 4) is 21.1 Å². The van der Waals surface area contributed by atoms with Gasteiger partial charge in [0, 0.05) is 10.4 Å². The zero-order valence-corrected chi connectivity index (χ0v) is 12.3. The lowest BCUT2D eigenvalue weighted by molar-refractivity contribution is 0.0697. The molecule has 3 nitrogen and oxygen atoms in total. The van der Waals surface area contributed by atoms with Crippen LogP contribution in [0.3, 0.4) is 0 Å². The van der Waals surface area contributed by atoms with Crippen molar-refractivity contribution in [1.82, 2.24) is 4.98 Å². The number of thiazole rings is 1. The smallest absolute Gasteiger partial charge is 0.335 e. The first kappa shape index (κ1) is 13.0. The highest BCUT2D eigenvalue weighted by molar-refractivity contribution is 7.17. The molecule has 0 bridgehead atoms. The molecule has 0 aliphatic rings. The van der Waals surface area contributed by atoms with Crippen molar-refractivity contribution in [1.29, 1.82) is 0 Å². The first-order chi connectivity index (χ1) is 9.65. The summed E-state index contributed by atoms with van der Waals surface area (Å²) in [5, 5.41) is 11.9. The fourth-order valence-corrected chi connectivity index (χ4v) is 3.71. The SMILES string of the molecule is Cc1sc(-c2cccc(C(=O)O)c2)nc1-c1cccs1. The molecule has 0 spiro atoms. The molecule has 3 rings (SSSR count). The summed E-state index contributed by atoms with van der Waals surface area (Å²) in [6, 6.07) is 10.9. The van der Waals surface area contributed by atoms with E-state index in [1.54, 1.807) is 40.9 Å². The van der Waals surface area contributed by atoms with Gasteiger partial charge in [0.1, 0.15) is 5.01 Å². The second-order valence-electron chi connectivity index (χ2n) is 4.29. The Kier molecular flexibility index (Phi) is 3.38. The van der Waals surface area contributed by atoms with E-state index in [0.717, 1.165) is 26.0 Å². The minimum atomic E-state index is -0.918. The van der Waals surface area contributed by atoms with Crippen LogP contribution < -0.4 is 0 Å². The number of aromatic carboxylic acids is 1. The maximum absolute atomic E-state index is 11.0. The standard InChI is InChI=1S/C15H11NO2S2/c1-9-13(12-6-3-7-19-12)16-14(20-9)10-4-2-5-11(8-10)15(17)18/h2-8H,1H3,(H,17,18). The topological polar surface area (TPSA) is 50.2 Å². The van der Waals surface area contributed by atoms with Crippen molar-refractivity contribution in [2.24, 2.45) is 0 Å². The van der Waals surface area contributed by atoms with Crippen LogP contribution in [-0.4, -0.2) is 16.1 Å². The summed E-state index contributed by atoms with van der Waals surface area (Å²) >= 11 is 3.25. The van der Waals surface area contributed by atoms with Crippen molar-refractivity contribution in [3.63, 3.8) is 0 Å². The Bertz CT molecular complexity index is 760. The molecule has 20 heavy (non-hydrogen) atoms. The van der Waals surface area contributed by atoms with Crippen molar-refractivity contribution in [2.45, 2.75) is 6.92 Å². The molecule has 3 aromatic rings. The summed E-state index contributed by atoms with van der Waals surface area (Å²) in [7, 11) is 0. The van der Waals surface area contributed by atoms with Crippen LogP contribution in [0.2, 0.25) is 0 Å². The van der Waals surface area contributed by atoms with E-state index in [1.807, 2.05) is 30.5 Å². The third-order valence-corrected chi connectivity index (χ3v) is 4.80. The molecule has 0 aliphatic heterocycles. The van der Waals surface area contributed by atoms with Crippen LogP contribution in [0.1, 0.15) is 15.2 Å². The van der Waals surface area contributed by atoms with E-state index in [0.29, 0.717) is 0 Å². The van der Waals surface area contributed by atoms with Gasteiger partial charge < -0.3 is 5.11 Å². The average Bonchev–Trinajstić information content (AvgIpc) is 3.07. The summed E-state index contributed by atoms with van der Waals surface area (Å²) in [5.41, 5.74) is 2.12. The molecule has 0 amide bonds. The van der Waals surface area contributed by atoms with Gasteiger partial charge in [-0.25, -0.2) is 9.78 Å². The Morgan fingerprint density at radius 1 is 1.25 bits per heavy atom. The number of nitrogens with zero attached hydrogens (tertiary/aromatic N) is 1. The predicted molar refractivity (Wildman–Crippen MR) is 82.6 cm³/mol. The second-order valence-corrected chi connectivity index (χ2v) is 6.44. The summed E-state index contributed by atoms with van der Waals surface area (Å²) < 4.78 is 0. The Hall–Kier alpha value is -1.98. The quantitative estimate of drug-likeness (QED) is 0.772. The molecule has 0 aliphatic carbocycles. The maximum Gasteiger partial charge on any atom is 0.335 e. The van der Waals surface area contributed by atoms with E-state index < -0.39 is 5.97 Å². The van der Waals surface area contributed by atoms with Gasteiger partial charge >= 0.3 is 5.97 Å². The molecule has 0 atom stereocenters. The molecule has 0 saturated heterocycles. The van der Waals surface area contributed by atoms with Gasteiger partial charge in [0.25, 0.3) is 0 Å². The normalized spacial score (nSPS) is 10.7. The number of benzene rings is 1. The number of carboxylic acids is 1. The molecule has 0 radical (unpaired) electrons. The van der Waals surface area contributed by atoms with Crippen LogP contribution >= 0.6 is 22.7 Å². The van der Waals surface area contributed by atoms with Crippen LogP contribution in [0.25, 0.3) is 21.1 Å². The zero-order chi connectivity index (χ0) is 14.1. The summed E-state index contributed by atoms with van der Waals surface area (Å²) in [6.07, 6.45) is 0. The summed E-state index contributed by atoms with van der Waals surface area (Å²) in [4.78, 5) is 18.0. The molecule has 1 aromatic carbocycles. The van der Waals surface area contributed by atoms with Crippen LogP contribution in [0.15, 0.2) is 41.8 Å². The van der Waals surface area contributed by atoms with E-state index in [2.05, 4.69) is 4.98 Å². The van der Waals surface area contributed by atoms with Gasteiger partial charge in [-0.05, 0) is 30.5 Å². The zero-order valence-electron chi connectivity index (χ0n) is 10.7. The van der Waals surface area contributed by atoms with Gasteiger partial charge in [0.15, 0.2) is 0 Å². The predicted octanol–water partition coefficient (Wildman–Crippen LogP) is 4.55. The fraction of sp³-hybridized carbons (Fsp3) is 0.0667. The Morgan fingerprint density at radius 3 is 2.80 bits per heavy atom. The second kappa shape index (κ2) is 5.19. The molecule has 0 unspecified atom stereocenters. The van der Waals surface area contributed by atoms with E-state index in [1.165, 1.54) is 0 Å². The number of carbonyl (C=O) groups is 1. The molecule has 100 valence electrons. The molecule has 1 N–H and O–H groups in total. The van der Waals surface area contributed by atoms with Gasteiger partial charge in [-0.15, -0.1) is 22.7 Å². The first-order valence-electron chi connectivity index (χ1n) is 6.00. The Balaban J connectivity index is 2.05. The van der Waals surface area contributed by atoms with Crippen molar-refractivity contribution < 1.29 is 9.90 Å². The van der Waals surface area contributed by atoms with Crippen molar-refractivity contribution >= 4 is 28.6 Å². The monoisotopic (exact) mass is 301 g/mol. The van der Waals surface area contributed by atoms with Gasteiger partial charge in [0.2, 0.25) is 0 Å². The molecule has 0 saturated carbocycles. The van der Waals surface area contributed by atoms with Crippen LogP contribution in [0, 0.1) is 6.92 Å². The Morgan fingerprint density at radius 2 is 2.10 bits per heavy atom. The van der Waals surface area contributed by atoms with E-state index in [-0.39, 0.29) is 5.56 Å². The van der Waals surface area contributed by atoms with Gasteiger partial charge in [-0.3, -0.25) is 0 Å². The van der Waals surface area contributed by atoms with Crippen LogP contribution in [0.5, 0.6) is 0 Å². The lowest BCUT2D eigenvalue weighted by atomic mass is 10.1. The summed E-state index contributed by atoms with van der Waals surface area (Å²) in [6.45, 7) is 2.04. The molecule has 0 fully saturated rings. The third-order valence-electron chi connectivity index (χ3n) is 2.91. The fourth-order valence-electron chi connectivity index (χ4n) is 1.95. The van der Waals surface area contributed by atoms with Crippen LogP contribution in [0.4, 0.5) is 0 Å². The van der Waals surface area contributed by atoms with Gasteiger partial charge in [-0.2, -0.15) is 0 Å². The molecular weight excluding hydrogens is 290 g/mol. The molecule has 5 heteroatoms. The minimum absolute atomic E-state index is 0.285. The number of aromatic nitrogens is 1. The summed E-state index contributed by atoms with van der Waals surface area (Å²) in [5.74, 6) is -0.918. The highest BCUT2D eigenvalue weighted by Crippen LogP contribution is 2.35. The molecule has 2 heterocycles. The van der Waals surface area contributed by atoms with Crippen LogP contribution in [-0.2, 0) is 0 Å². The van der Waals surface area contributed by atoms with E-state index in [9.17, 15) is 4.79 Å². The maximum atomic E-state index is 11.0. The largest absolute Gasteiger partial charge is 0.478 e. The number of hydrogen-bond acceptors (Lipinski definition) is 4. The number of hydrogen-bond donors (Lipinski definition) is 1. The first-order valence-corrected chi connectivity index (χ1v) is 7.70. The lowest BCUT2D eigenvalue weighted by Crippen LogP contribution is -1.95. The van der Waals surface area contributed by atoms with E-state index >= 15 is 0 Å². The average molecular weight is 301 g/mol.